The van der Waals surface area contributed by atoms with Gasteiger partial charge in [-0.3, -0.25) is 34.2 Å². The molecule has 20 nitrogen and oxygen atoms in total. The Morgan fingerprint density at radius 3 is 2.32 bits per heavy atom. The third kappa shape index (κ3) is 10.6. The standard InChI is InChI=1S/C49H62N12O8/c1-53-40-43(66)59-36(26-32-28-57-34-13-5-4-12-33(32)34)42(65)58-35(41(50)64)14-6-9-20-54-38(25-29-15-16-30-10-2-3-11-31(30)24-29)49(40,19-21-56-46(51)52)39(63)27-37-44(67)61(47(69)60-37)48(17-7-8-18-48)45(68)55-22-23-62/h2-5,10-13,15-16,23-24,28,35-38,40,53-54,57H,6-9,14,17-22,25-27H2,1H3,(H2,50,64)(H,55,68)(H,58,65)(H,59,66)(H,60,69)(H4,51,52,56)/t35-,36-,37-,38-,40?,49-/m0/s1. The van der Waals surface area contributed by atoms with Gasteiger partial charge in [0.25, 0.3) is 5.91 Å². The molecule has 0 radical (unpaired) electrons. The van der Waals surface area contributed by atoms with Crippen LogP contribution in [0.3, 0.4) is 0 Å². The summed E-state index contributed by atoms with van der Waals surface area (Å²) in [4.78, 5) is 116. The second-order valence-corrected chi connectivity index (χ2v) is 18.2. The van der Waals surface area contributed by atoms with Crippen LogP contribution in [-0.4, -0.2) is 126 Å². The van der Waals surface area contributed by atoms with Crippen LogP contribution in [0.1, 0.15) is 68.9 Å². The largest absolute Gasteiger partial charge is 0.370 e. The number of likely N-dealkylation sites (N-methyl/N-ethyl adjacent to an activating group) is 1. The third-order valence-electron chi connectivity index (χ3n) is 14.1. The van der Waals surface area contributed by atoms with Crippen LogP contribution in [0.25, 0.3) is 21.7 Å². The van der Waals surface area contributed by atoms with Gasteiger partial charge < -0.3 is 58.5 Å². The zero-order chi connectivity index (χ0) is 49.3. The van der Waals surface area contributed by atoms with Crippen molar-refractivity contribution in [1.29, 1.82) is 5.41 Å². The van der Waals surface area contributed by atoms with Crippen LogP contribution in [0.5, 0.6) is 0 Å². The summed E-state index contributed by atoms with van der Waals surface area (Å²) < 4.78 is 0. The molecule has 1 aliphatic carbocycles. The molecule has 3 fully saturated rings. The number of ketones is 1. The van der Waals surface area contributed by atoms with Gasteiger partial charge in [-0.15, -0.1) is 0 Å². The monoisotopic (exact) mass is 946 g/mol. The molecule has 2 aliphatic heterocycles. The van der Waals surface area contributed by atoms with Crippen LogP contribution < -0.4 is 48.7 Å². The Morgan fingerprint density at radius 2 is 1.59 bits per heavy atom. The molecule has 2 saturated heterocycles. The van der Waals surface area contributed by atoms with Gasteiger partial charge in [0.05, 0.1) is 12.0 Å². The zero-order valence-corrected chi connectivity index (χ0v) is 38.7. The molecular weight excluding hydrogens is 885 g/mol. The number of fused-ring (bicyclic) bond motifs is 2. The lowest BCUT2D eigenvalue weighted by atomic mass is 9.64. The number of carbonyl (C=O) groups is 8. The Labute approximate surface area is 399 Å². The maximum absolute atomic E-state index is 16.0. The molecular formula is C49H62N12O8. The van der Waals surface area contributed by atoms with Gasteiger partial charge in [-0.2, -0.15) is 0 Å². The van der Waals surface area contributed by atoms with Gasteiger partial charge in [0.15, 0.2) is 5.96 Å². The Hall–Kier alpha value is -7.19. The van der Waals surface area contributed by atoms with Crippen LogP contribution in [-0.2, 0) is 46.4 Å². The number of primary amides is 1. The molecule has 0 spiro atoms. The highest BCUT2D eigenvalue weighted by atomic mass is 16.2. The second kappa shape index (κ2) is 21.8. The summed E-state index contributed by atoms with van der Waals surface area (Å²) >= 11 is 0. The number of benzene rings is 3. The molecule has 3 aromatic carbocycles. The van der Waals surface area contributed by atoms with Crippen molar-refractivity contribution in [1.82, 2.24) is 47.1 Å². The Morgan fingerprint density at radius 1 is 0.855 bits per heavy atom. The normalized spacial score (nSPS) is 24.5. The molecule has 4 aromatic rings. The van der Waals surface area contributed by atoms with E-state index in [0.29, 0.717) is 37.5 Å². The Kier molecular flexibility index (Phi) is 15.7. The van der Waals surface area contributed by atoms with Crippen LogP contribution in [0.2, 0.25) is 0 Å². The molecule has 13 N–H and O–H groups in total. The molecule has 3 aliphatic rings. The lowest BCUT2D eigenvalue weighted by Crippen LogP contribution is -2.68. The van der Waals surface area contributed by atoms with Crippen molar-refractivity contribution < 1.29 is 38.4 Å². The summed E-state index contributed by atoms with van der Waals surface area (Å²) in [5.41, 5.74) is 10.5. The second-order valence-electron chi connectivity index (χ2n) is 18.2. The van der Waals surface area contributed by atoms with E-state index in [2.05, 4.69) is 42.2 Å². The number of aromatic amines is 1. The highest BCUT2D eigenvalue weighted by Crippen LogP contribution is 2.41. The van der Waals surface area contributed by atoms with Crippen LogP contribution in [0, 0.1) is 10.8 Å². The summed E-state index contributed by atoms with van der Waals surface area (Å²) in [7, 11) is 1.50. The minimum Gasteiger partial charge on any atom is -0.370 e. The fraction of sp³-hybridized carbons (Fsp3) is 0.449. The Balaban J connectivity index is 1.35. The average Bonchev–Trinajstić information content (AvgIpc) is 4.06. The van der Waals surface area contributed by atoms with E-state index in [1.54, 1.807) is 6.20 Å². The predicted molar refractivity (Wildman–Crippen MR) is 257 cm³/mol. The number of aldehydes is 1. The number of carbonyl (C=O) groups excluding carboxylic acids is 8. The molecule has 1 aromatic heterocycles. The number of rotatable bonds is 16. The minimum atomic E-state index is -1.85. The van der Waals surface area contributed by atoms with Crippen molar-refractivity contribution in [3.63, 3.8) is 0 Å². The van der Waals surface area contributed by atoms with E-state index in [1.165, 1.54) is 7.05 Å². The van der Waals surface area contributed by atoms with E-state index in [-0.39, 0.29) is 58.2 Å². The average molecular weight is 947 g/mol. The number of H-pyrrole nitrogens is 1. The predicted octanol–water partition coefficient (Wildman–Crippen LogP) is 0.658. The van der Waals surface area contributed by atoms with E-state index >= 15 is 9.59 Å². The lowest BCUT2D eigenvalue weighted by Gasteiger charge is -2.46. The van der Waals surface area contributed by atoms with Crippen LogP contribution in [0.15, 0.2) is 72.9 Å². The molecule has 6 atom stereocenters. The number of aromatic nitrogens is 1. The number of nitrogens with one attached hydrogen (secondary N) is 9. The lowest BCUT2D eigenvalue weighted by molar-refractivity contribution is -0.145. The first-order chi connectivity index (χ1) is 33.2. The SMILES string of the molecule is CNC1C(=O)N[C@@H](Cc2c[nH]c3ccccc23)C(=O)N[C@H](C(N)=O)CCCCN[C@@H](Cc2ccc3ccccc3c2)[C@@]1(CCNC(=N)N)C(=O)C[C@@H]1NC(=O)N(C2(C(=O)NCC=O)CCCC2)C1=O. The van der Waals surface area contributed by atoms with Crippen LogP contribution >= 0.6 is 0 Å². The zero-order valence-electron chi connectivity index (χ0n) is 38.7. The topological polar surface area (TPSA) is 316 Å². The highest BCUT2D eigenvalue weighted by molar-refractivity contribution is 6.11. The summed E-state index contributed by atoms with van der Waals surface area (Å²) in [6, 6.07) is 14.0. The number of imide groups is 1. The van der Waals surface area contributed by atoms with Gasteiger partial charge >= 0.3 is 6.03 Å². The first kappa shape index (κ1) is 49.7. The number of nitrogens with two attached hydrogens (primary N) is 2. The molecule has 7 rings (SSSR count). The van der Waals surface area contributed by atoms with E-state index < -0.39 is 94.9 Å². The van der Waals surface area contributed by atoms with Crippen molar-refractivity contribution in [3.05, 3.63) is 84.1 Å². The molecule has 1 saturated carbocycles. The summed E-state index contributed by atoms with van der Waals surface area (Å²) in [5.74, 6) is -4.66. The number of hydrogen-bond acceptors (Lipinski definition) is 11. The summed E-state index contributed by atoms with van der Waals surface area (Å²) in [6.45, 7) is -0.156. The van der Waals surface area contributed by atoms with Crippen molar-refractivity contribution >= 4 is 75.3 Å². The van der Waals surface area contributed by atoms with E-state index in [0.717, 1.165) is 32.1 Å². The minimum absolute atomic E-state index is 0.0320. The van der Waals surface area contributed by atoms with E-state index in [4.69, 9.17) is 16.9 Å². The fourth-order valence-electron chi connectivity index (χ4n) is 10.6. The molecule has 7 amide bonds. The number of hydrogen-bond donors (Lipinski definition) is 11. The molecule has 0 bridgehead atoms. The first-order valence-corrected chi connectivity index (χ1v) is 23.5. The van der Waals surface area contributed by atoms with Crippen LogP contribution in [0.4, 0.5) is 4.79 Å². The van der Waals surface area contributed by atoms with Gasteiger partial charge in [0.1, 0.15) is 41.8 Å². The third-order valence-corrected chi connectivity index (χ3v) is 14.1. The maximum Gasteiger partial charge on any atom is 0.325 e. The van der Waals surface area contributed by atoms with Crippen molar-refractivity contribution in [2.24, 2.45) is 16.9 Å². The van der Waals surface area contributed by atoms with Gasteiger partial charge in [0, 0.05) is 42.5 Å². The number of Topliss-reactive ketones (excluding diaryl/α,β-unsaturated/α-hetero) is 1. The first-order valence-electron chi connectivity index (χ1n) is 23.5. The smallest absolute Gasteiger partial charge is 0.325 e. The van der Waals surface area contributed by atoms with Crippen molar-refractivity contribution in [3.8, 4) is 0 Å². The van der Waals surface area contributed by atoms with Crippen molar-refractivity contribution in [2.75, 3.05) is 26.7 Å². The number of para-hydroxylation sites is 1. The quantitative estimate of drug-likeness (QED) is 0.0320. The van der Waals surface area contributed by atoms with E-state index in [9.17, 15) is 28.8 Å². The number of amides is 7. The van der Waals surface area contributed by atoms with Gasteiger partial charge in [-0.1, -0.05) is 73.5 Å². The number of urea groups is 1. The number of nitrogens with zero attached hydrogens (tertiary/aromatic N) is 1. The molecule has 20 heteroatoms. The fourth-order valence-corrected chi connectivity index (χ4v) is 10.6. The maximum atomic E-state index is 16.0. The Bertz CT molecular complexity index is 2610. The van der Waals surface area contributed by atoms with Gasteiger partial charge in [0.2, 0.25) is 23.6 Å². The summed E-state index contributed by atoms with van der Waals surface area (Å²) in [5, 5.41) is 31.2. The molecule has 1 unspecified atom stereocenters. The number of guanidine groups is 1. The van der Waals surface area contributed by atoms with Gasteiger partial charge in [-0.05, 0) is 86.5 Å². The van der Waals surface area contributed by atoms with E-state index in [1.807, 2.05) is 66.7 Å². The van der Waals surface area contributed by atoms with Crippen molar-refractivity contribution in [2.45, 2.75) is 106 Å². The highest BCUT2D eigenvalue weighted by Gasteiger charge is 2.59. The van der Waals surface area contributed by atoms with Gasteiger partial charge in [-0.25, -0.2) is 9.69 Å². The molecule has 3 heterocycles. The molecule has 366 valence electrons. The summed E-state index contributed by atoms with van der Waals surface area (Å²) in [6.07, 6.45) is 4.02. The molecule has 69 heavy (non-hydrogen) atoms.